The van der Waals surface area contributed by atoms with Crippen molar-refractivity contribution in [1.29, 1.82) is 0 Å². The smallest absolute Gasteiger partial charge is 0.306 e. The van der Waals surface area contributed by atoms with Gasteiger partial charge in [-0.1, -0.05) is 22.9 Å². The molecule has 82 valence electrons. The summed E-state index contributed by atoms with van der Waals surface area (Å²) in [6, 6.07) is 3.23. The Balaban J connectivity index is 2.99. The van der Waals surface area contributed by atoms with Gasteiger partial charge < -0.3 is 10.2 Å². The van der Waals surface area contributed by atoms with Gasteiger partial charge in [0.05, 0.1) is 5.92 Å². The Labute approximate surface area is 96.9 Å². The van der Waals surface area contributed by atoms with Gasteiger partial charge in [0.25, 0.3) is 0 Å². The van der Waals surface area contributed by atoms with Crippen LogP contribution in [0.1, 0.15) is 18.1 Å². The zero-order valence-electron chi connectivity index (χ0n) is 8.62. The number of phenols is 1. The third-order valence-electron chi connectivity index (χ3n) is 2.26. The number of carboxylic acids is 1. The number of benzene rings is 1. The monoisotopic (exact) mass is 272 g/mol. The lowest BCUT2D eigenvalue weighted by atomic mass is 9.99. The first-order valence-corrected chi connectivity index (χ1v) is 5.42. The first kappa shape index (κ1) is 12.0. The highest BCUT2D eigenvalue weighted by Crippen LogP contribution is 2.28. The second-order valence-corrected chi connectivity index (χ2v) is 4.47. The molecule has 15 heavy (non-hydrogen) atoms. The van der Waals surface area contributed by atoms with Crippen molar-refractivity contribution in [2.45, 2.75) is 20.3 Å². The molecule has 0 aliphatic heterocycles. The molecule has 1 aromatic carbocycles. The molecule has 1 atom stereocenters. The van der Waals surface area contributed by atoms with Crippen LogP contribution in [-0.4, -0.2) is 16.2 Å². The van der Waals surface area contributed by atoms with E-state index in [0.29, 0.717) is 6.42 Å². The third-order valence-corrected chi connectivity index (χ3v) is 3.40. The normalized spacial score (nSPS) is 12.5. The lowest BCUT2D eigenvalue weighted by Gasteiger charge is -2.10. The number of phenolic OH excluding ortho intramolecular Hbond substituents is 1. The predicted octanol–water partition coefficient (Wildman–Crippen LogP) is 2.73. The fraction of sp³-hybridized carbons (Fsp3) is 0.364. The highest BCUT2D eigenvalue weighted by Gasteiger charge is 2.14. The molecule has 4 heteroatoms. The van der Waals surface area contributed by atoms with E-state index in [-0.39, 0.29) is 5.75 Å². The van der Waals surface area contributed by atoms with Crippen molar-refractivity contribution in [2.24, 2.45) is 5.92 Å². The standard InChI is InChI=1S/C11H13BrO3/c1-6-4-9(13)5-8(10(6)12)3-7(2)11(14)15/h4-5,7,13H,3H2,1-2H3,(H,14,15). The number of hydrogen-bond acceptors (Lipinski definition) is 2. The molecule has 0 aromatic heterocycles. The Hall–Kier alpha value is -1.03. The number of carboxylic acid groups (broad SMARTS) is 1. The number of hydrogen-bond donors (Lipinski definition) is 2. The van der Waals surface area contributed by atoms with Crippen molar-refractivity contribution >= 4 is 21.9 Å². The minimum Gasteiger partial charge on any atom is -0.508 e. The van der Waals surface area contributed by atoms with Gasteiger partial charge in [0.15, 0.2) is 0 Å². The molecule has 0 fully saturated rings. The Morgan fingerprint density at radius 1 is 1.53 bits per heavy atom. The molecular formula is C11H13BrO3. The van der Waals surface area contributed by atoms with Crippen LogP contribution < -0.4 is 0 Å². The van der Waals surface area contributed by atoms with Crippen molar-refractivity contribution < 1.29 is 15.0 Å². The summed E-state index contributed by atoms with van der Waals surface area (Å²) in [6.07, 6.45) is 0.408. The predicted molar refractivity (Wildman–Crippen MR) is 61.0 cm³/mol. The summed E-state index contributed by atoms with van der Waals surface area (Å²) >= 11 is 3.39. The first-order chi connectivity index (χ1) is 6.91. The summed E-state index contributed by atoms with van der Waals surface area (Å²) in [5, 5.41) is 18.2. The van der Waals surface area contributed by atoms with E-state index >= 15 is 0 Å². The SMILES string of the molecule is Cc1cc(O)cc(CC(C)C(=O)O)c1Br. The lowest BCUT2D eigenvalue weighted by molar-refractivity contribution is -0.141. The van der Waals surface area contributed by atoms with Crippen molar-refractivity contribution in [2.75, 3.05) is 0 Å². The largest absolute Gasteiger partial charge is 0.508 e. The Kier molecular flexibility index (Phi) is 3.74. The van der Waals surface area contributed by atoms with Crippen molar-refractivity contribution in [3.63, 3.8) is 0 Å². The van der Waals surface area contributed by atoms with Crippen molar-refractivity contribution in [3.8, 4) is 5.75 Å². The molecule has 0 bridgehead atoms. The summed E-state index contributed by atoms with van der Waals surface area (Å²) in [7, 11) is 0. The molecule has 0 aliphatic rings. The summed E-state index contributed by atoms with van der Waals surface area (Å²) in [5.41, 5.74) is 1.73. The van der Waals surface area contributed by atoms with Crippen LogP contribution in [-0.2, 0) is 11.2 Å². The Bertz CT molecular complexity index is 388. The second kappa shape index (κ2) is 4.66. The molecule has 0 radical (unpaired) electrons. The van der Waals surface area contributed by atoms with E-state index in [9.17, 15) is 9.90 Å². The van der Waals surface area contributed by atoms with Gasteiger partial charge in [0.2, 0.25) is 0 Å². The first-order valence-electron chi connectivity index (χ1n) is 4.62. The third kappa shape index (κ3) is 2.96. The quantitative estimate of drug-likeness (QED) is 0.890. The van der Waals surface area contributed by atoms with Gasteiger partial charge in [-0.25, -0.2) is 0 Å². The molecule has 0 saturated carbocycles. The number of aromatic hydroxyl groups is 1. The maximum atomic E-state index is 10.7. The highest BCUT2D eigenvalue weighted by molar-refractivity contribution is 9.10. The van der Waals surface area contributed by atoms with Crippen LogP contribution in [0.15, 0.2) is 16.6 Å². The maximum absolute atomic E-state index is 10.7. The number of rotatable bonds is 3. The fourth-order valence-electron chi connectivity index (χ4n) is 1.39. The van der Waals surface area contributed by atoms with Gasteiger partial charge in [0, 0.05) is 4.47 Å². The zero-order valence-corrected chi connectivity index (χ0v) is 10.2. The van der Waals surface area contributed by atoms with E-state index in [2.05, 4.69) is 15.9 Å². The van der Waals surface area contributed by atoms with E-state index in [1.165, 1.54) is 0 Å². The summed E-state index contributed by atoms with van der Waals surface area (Å²) in [5.74, 6) is -1.12. The van der Waals surface area contributed by atoms with Gasteiger partial charge in [-0.05, 0) is 36.6 Å². The van der Waals surface area contributed by atoms with Crippen LogP contribution in [0.3, 0.4) is 0 Å². The van der Waals surface area contributed by atoms with E-state index < -0.39 is 11.9 Å². The summed E-state index contributed by atoms with van der Waals surface area (Å²) < 4.78 is 0.869. The average Bonchev–Trinajstić information content (AvgIpc) is 2.13. The van der Waals surface area contributed by atoms with E-state index in [1.807, 2.05) is 6.92 Å². The van der Waals surface area contributed by atoms with Crippen LogP contribution in [0, 0.1) is 12.8 Å². The fourth-order valence-corrected chi connectivity index (χ4v) is 1.78. The molecule has 0 spiro atoms. The molecule has 0 aliphatic carbocycles. The topological polar surface area (TPSA) is 57.5 Å². The van der Waals surface area contributed by atoms with Crippen LogP contribution in [0.2, 0.25) is 0 Å². The number of aryl methyl sites for hydroxylation is 1. The minimum absolute atomic E-state index is 0.170. The number of carbonyl (C=O) groups is 1. The average molecular weight is 273 g/mol. The Morgan fingerprint density at radius 3 is 2.67 bits per heavy atom. The molecule has 0 amide bonds. The maximum Gasteiger partial charge on any atom is 0.306 e. The summed E-state index contributed by atoms with van der Waals surface area (Å²) in [4.78, 5) is 10.7. The molecular weight excluding hydrogens is 260 g/mol. The molecule has 1 rings (SSSR count). The number of aliphatic carboxylic acids is 1. The lowest BCUT2D eigenvalue weighted by Crippen LogP contribution is -2.12. The molecule has 0 heterocycles. The van der Waals surface area contributed by atoms with Gasteiger partial charge in [-0.3, -0.25) is 4.79 Å². The van der Waals surface area contributed by atoms with Gasteiger partial charge in [-0.15, -0.1) is 0 Å². The molecule has 0 saturated heterocycles. The van der Waals surface area contributed by atoms with Crippen LogP contribution in [0.5, 0.6) is 5.75 Å². The molecule has 2 N–H and O–H groups in total. The van der Waals surface area contributed by atoms with E-state index in [1.54, 1.807) is 19.1 Å². The molecule has 1 unspecified atom stereocenters. The van der Waals surface area contributed by atoms with E-state index in [0.717, 1.165) is 15.6 Å². The van der Waals surface area contributed by atoms with Crippen LogP contribution >= 0.6 is 15.9 Å². The van der Waals surface area contributed by atoms with Crippen LogP contribution in [0.4, 0.5) is 0 Å². The van der Waals surface area contributed by atoms with Gasteiger partial charge in [0.1, 0.15) is 5.75 Å². The highest BCUT2D eigenvalue weighted by atomic mass is 79.9. The zero-order chi connectivity index (χ0) is 11.6. The Morgan fingerprint density at radius 2 is 2.13 bits per heavy atom. The summed E-state index contributed by atoms with van der Waals surface area (Å²) in [6.45, 7) is 3.51. The number of halogens is 1. The van der Waals surface area contributed by atoms with Crippen molar-refractivity contribution in [3.05, 3.63) is 27.7 Å². The second-order valence-electron chi connectivity index (χ2n) is 3.68. The molecule has 1 aromatic rings. The van der Waals surface area contributed by atoms with Crippen molar-refractivity contribution in [1.82, 2.24) is 0 Å². The van der Waals surface area contributed by atoms with E-state index in [4.69, 9.17) is 5.11 Å². The van der Waals surface area contributed by atoms with Gasteiger partial charge in [-0.2, -0.15) is 0 Å². The van der Waals surface area contributed by atoms with Gasteiger partial charge >= 0.3 is 5.97 Å². The van der Waals surface area contributed by atoms with Crippen LogP contribution in [0.25, 0.3) is 0 Å². The minimum atomic E-state index is -0.831. The molecule has 3 nitrogen and oxygen atoms in total.